The number of carbonyl (C=O) groups is 2. The van der Waals surface area contributed by atoms with Gasteiger partial charge in [-0.05, 0) is 63.4 Å². The van der Waals surface area contributed by atoms with Crippen molar-refractivity contribution in [1.29, 1.82) is 0 Å². The topological polar surface area (TPSA) is 85.7 Å². The summed E-state index contributed by atoms with van der Waals surface area (Å²) in [5, 5.41) is 7.63. The van der Waals surface area contributed by atoms with Crippen LogP contribution in [0.15, 0.2) is 60.8 Å². The molecule has 0 spiro atoms. The third kappa shape index (κ3) is 6.05. The number of nitrogens with zero attached hydrogens (tertiary/aromatic N) is 3. The fourth-order valence-corrected chi connectivity index (χ4v) is 4.38. The van der Waals surface area contributed by atoms with Gasteiger partial charge in [0.25, 0.3) is 5.91 Å². The summed E-state index contributed by atoms with van der Waals surface area (Å²) in [7, 11) is 1.63. The smallest absolute Gasteiger partial charge is 0.410 e. The summed E-state index contributed by atoms with van der Waals surface area (Å²) < 4.78 is 12.6. The van der Waals surface area contributed by atoms with Crippen LogP contribution in [-0.2, 0) is 11.3 Å². The molecule has 8 heteroatoms. The highest BCUT2D eigenvalue weighted by Gasteiger charge is 2.32. The molecule has 4 rings (SSSR count). The molecule has 1 aromatic heterocycles. The molecule has 190 valence electrons. The zero-order valence-corrected chi connectivity index (χ0v) is 21.4. The summed E-state index contributed by atoms with van der Waals surface area (Å²) in [4.78, 5) is 27.6. The maximum Gasteiger partial charge on any atom is 0.410 e. The SMILES string of the molecule is COc1ccc(CNC(=O)c2cnn(-c3ccccc3)c2C2CCN(C(=O)OC(C)(C)C)CC2)cc1. The van der Waals surface area contributed by atoms with Crippen LogP contribution < -0.4 is 10.1 Å². The Balaban J connectivity index is 1.53. The Hall–Kier alpha value is -3.81. The number of rotatable bonds is 6. The number of methoxy groups -OCH3 is 1. The minimum Gasteiger partial charge on any atom is -0.497 e. The van der Waals surface area contributed by atoms with Gasteiger partial charge < -0.3 is 19.7 Å². The number of likely N-dealkylation sites (tertiary alicyclic amines) is 1. The molecule has 0 unspecified atom stereocenters. The number of aromatic nitrogens is 2. The van der Waals surface area contributed by atoms with Crippen molar-refractivity contribution in [2.45, 2.75) is 51.7 Å². The molecular weight excluding hydrogens is 456 g/mol. The molecule has 2 aromatic carbocycles. The van der Waals surface area contributed by atoms with E-state index in [9.17, 15) is 9.59 Å². The van der Waals surface area contributed by atoms with Crippen molar-refractivity contribution in [3.63, 3.8) is 0 Å². The molecule has 1 aliphatic heterocycles. The summed E-state index contributed by atoms with van der Waals surface area (Å²) in [5.74, 6) is 0.680. The molecule has 3 aromatic rings. The van der Waals surface area contributed by atoms with E-state index in [0.29, 0.717) is 25.2 Å². The van der Waals surface area contributed by atoms with Gasteiger partial charge in [0.15, 0.2) is 0 Å². The first-order valence-corrected chi connectivity index (χ1v) is 12.3. The summed E-state index contributed by atoms with van der Waals surface area (Å²) in [6, 6.07) is 17.4. The summed E-state index contributed by atoms with van der Waals surface area (Å²) in [6.07, 6.45) is 2.79. The average molecular weight is 491 g/mol. The standard InChI is InChI=1S/C28H34N4O4/c1-28(2,3)36-27(34)31-16-14-21(15-17-31)25-24(19-30-32(25)22-8-6-5-7-9-22)26(33)29-18-20-10-12-23(35-4)13-11-20/h5-13,19,21H,14-18H2,1-4H3,(H,29,33). The molecule has 0 radical (unpaired) electrons. The highest BCUT2D eigenvalue weighted by atomic mass is 16.6. The largest absolute Gasteiger partial charge is 0.497 e. The van der Waals surface area contributed by atoms with E-state index in [1.807, 2.05) is 80.1 Å². The lowest BCUT2D eigenvalue weighted by molar-refractivity contribution is 0.0203. The number of amides is 2. The van der Waals surface area contributed by atoms with Crippen LogP contribution in [0.4, 0.5) is 4.79 Å². The van der Waals surface area contributed by atoms with Gasteiger partial charge >= 0.3 is 6.09 Å². The number of hydrogen-bond acceptors (Lipinski definition) is 5. The lowest BCUT2D eigenvalue weighted by atomic mass is 9.91. The van der Waals surface area contributed by atoms with E-state index in [4.69, 9.17) is 9.47 Å². The van der Waals surface area contributed by atoms with E-state index in [1.54, 1.807) is 18.2 Å². The van der Waals surface area contributed by atoms with Crippen LogP contribution >= 0.6 is 0 Å². The molecule has 0 atom stereocenters. The summed E-state index contributed by atoms with van der Waals surface area (Å²) in [6.45, 7) is 7.13. The second kappa shape index (κ2) is 10.8. The molecule has 0 bridgehead atoms. The van der Waals surface area contributed by atoms with E-state index >= 15 is 0 Å². The van der Waals surface area contributed by atoms with E-state index in [2.05, 4.69) is 10.4 Å². The van der Waals surface area contributed by atoms with E-state index in [1.165, 1.54) is 0 Å². The Bertz CT molecular complexity index is 1170. The second-order valence-corrected chi connectivity index (χ2v) is 9.96. The van der Waals surface area contributed by atoms with Gasteiger partial charge in [-0.15, -0.1) is 0 Å². The first-order chi connectivity index (χ1) is 17.2. The summed E-state index contributed by atoms with van der Waals surface area (Å²) >= 11 is 0. The normalized spacial score (nSPS) is 14.4. The molecule has 2 heterocycles. The minimum atomic E-state index is -0.533. The Morgan fingerprint density at radius 3 is 2.31 bits per heavy atom. The fraction of sp³-hybridized carbons (Fsp3) is 0.393. The molecule has 8 nitrogen and oxygen atoms in total. The Morgan fingerprint density at radius 2 is 1.69 bits per heavy atom. The maximum absolute atomic E-state index is 13.3. The van der Waals surface area contributed by atoms with Crippen molar-refractivity contribution in [3.05, 3.63) is 77.6 Å². The van der Waals surface area contributed by atoms with Crippen molar-refractivity contribution in [1.82, 2.24) is 20.0 Å². The number of carbonyl (C=O) groups excluding carboxylic acids is 2. The Morgan fingerprint density at radius 1 is 1.03 bits per heavy atom. The van der Waals surface area contributed by atoms with Gasteiger partial charge in [0.1, 0.15) is 11.4 Å². The number of para-hydroxylation sites is 1. The predicted molar refractivity (Wildman–Crippen MR) is 138 cm³/mol. The lowest BCUT2D eigenvalue weighted by Gasteiger charge is -2.34. The number of ether oxygens (including phenoxy) is 2. The van der Waals surface area contributed by atoms with Gasteiger partial charge in [0, 0.05) is 25.6 Å². The van der Waals surface area contributed by atoms with Gasteiger partial charge in [0.05, 0.1) is 30.3 Å². The Kier molecular flexibility index (Phi) is 7.62. The first-order valence-electron chi connectivity index (χ1n) is 12.3. The third-order valence-electron chi connectivity index (χ3n) is 6.20. The Labute approximate surface area is 212 Å². The van der Waals surface area contributed by atoms with Gasteiger partial charge in [0.2, 0.25) is 0 Å². The van der Waals surface area contributed by atoms with Crippen LogP contribution in [-0.4, -0.2) is 52.5 Å². The lowest BCUT2D eigenvalue weighted by Crippen LogP contribution is -2.41. The zero-order chi connectivity index (χ0) is 25.7. The molecule has 36 heavy (non-hydrogen) atoms. The van der Waals surface area contributed by atoms with Gasteiger partial charge in [-0.3, -0.25) is 4.79 Å². The molecule has 1 saturated heterocycles. The van der Waals surface area contributed by atoms with Crippen LogP contribution in [0.5, 0.6) is 5.75 Å². The van der Waals surface area contributed by atoms with E-state index in [-0.39, 0.29) is 17.9 Å². The number of piperidine rings is 1. The monoisotopic (exact) mass is 490 g/mol. The van der Waals surface area contributed by atoms with Gasteiger partial charge in [-0.2, -0.15) is 5.10 Å². The molecule has 1 aliphatic rings. The molecule has 2 amide bonds. The van der Waals surface area contributed by atoms with E-state index in [0.717, 1.165) is 35.5 Å². The fourth-order valence-electron chi connectivity index (χ4n) is 4.38. The van der Waals surface area contributed by atoms with Crippen LogP contribution in [0.3, 0.4) is 0 Å². The second-order valence-electron chi connectivity index (χ2n) is 9.96. The molecular formula is C28H34N4O4. The average Bonchev–Trinajstić information content (AvgIpc) is 3.32. The molecule has 0 aliphatic carbocycles. The number of hydrogen-bond donors (Lipinski definition) is 1. The number of benzene rings is 2. The van der Waals surface area contributed by atoms with Crippen molar-refractivity contribution >= 4 is 12.0 Å². The third-order valence-corrected chi connectivity index (χ3v) is 6.20. The predicted octanol–water partition coefficient (Wildman–Crippen LogP) is 4.93. The quantitative estimate of drug-likeness (QED) is 0.530. The van der Waals surface area contributed by atoms with Gasteiger partial charge in [-0.25, -0.2) is 9.48 Å². The van der Waals surface area contributed by atoms with Crippen molar-refractivity contribution in [3.8, 4) is 11.4 Å². The van der Waals surface area contributed by atoms with Crippen LogP contribution in [0.2, 0.25) is 0 Å². The van der Waals surface area contributed by atoms with Crippen molar-refractivity contribution in [2.75, 3.05) is 20.2 Å². The van der Waals surface area contributed by atoms with Crippen molar-refractivity contribution in [2.24, 2.45) is 0 Å². The van der Waals surface area contributed by atoms with Gasteiger partial charge in [-0.1, -0.05) is 30.3 Å². The van der Waals surface area contributed by atoms with Crippen LogP contribution in [0.25, 0.3) is 5.69 Å². The maximum atomic E-state index is 13.3. The van der Waals surface area contributed by atoms with E-state index < -0.39 is 5.60 Å². The zero-order valence-electron chi connectivity index (χ0n) is 21.4. The number of nitrogens with one attached hydrogen (secondary N) is 1. The molecule has 1 fully saturated rings. The molecule has 0 saturated carbocycles. The van der Waals surface area contributed by atoms with Crippen LogP contribution in [0, 0.1) is 0 Å². The molecule has 1 N–H and O–H groups in total. The highest BCUT2D eigenvalue weighted by molar-refractivity contribution is 5.95. The first kappa shape index (κ1) is 25.3. The summed E-state index contributed by atoms with van der Waals surface area (Å²) in [5.41, 5.74) is 2.78. The van der Waals surface area contributed by atoms with Crippen LogP contribution in [0.1, 0.15) is 61.1 Å². The minimum absolute atomic E-state index is 0.0770. The van der Waals surface area contributed by atoms with Crippen molar-refractivity contribution < 1.29 is 19.1 Å². The highest BCUT2D eigenvalue weighted by Crippen LogP contribution is 2.32.